The largest absolute Gasteiger partial charge is 0.465 e. The van der Waals surface area contributed by atoms with Crippen LogP contribution < -0.4 is 0 Å². The Balaban J connectivity index is 2.03. The van der Waals surface area contributed by atoms with Gasteiger partial charge in [-0.2, -0.15) is 15.4 Å². The summed E-state index contributed by atoms with van der Waals surface area (Å²) < 4.78 is 5.11. The van der Waals surface area contributed by atoms with Crippen LogP contribution in [0.25, 0.3) is 11.0 Å². The fraction of sp³-hybridized carbons (Fsp3) is 0.417. The van der Waals surface area contributed by atoms with E-state index in [1.807, 2.05) is 18.2 Å². The van der Waals surface area contributed by atoms with E-state index in [-0.39, 0.29) is 12.4 Å². The molecule has 17 heavy (non-hydrogen) atoms. The van der Waals surface area contributed by atoms with Crippen LogP contribution in [-0.4, -0.2) is 28.0 Å². The van der Waals surface area contributed by atoms with E-state index in [1.165, 1.54) is 0 Å². The Kier molecular flexibility index (Phi) is 3.69. The van der Waals surface area contributed by atoms with Gasteiger partial charge in [-0.25, -0.2) is 0 Å². The highest BCUT2D eigenvalue weighted by Crippen LogP contribution is 2.14. The van der Waals surface area contributed by atoms with Gasteiger partial charge in [-0.15, -0.1) is 0 Å². The molecule has 0 unspecified atom stereocenters. The molecular weight excluding hydrogens is 218 g/mol. The van der Waals surface area contributed by atoms with Crippen LogP contribution in [0.1, 0.15) is 25.3 Å². The number of benzene rings is 1. The Bertz CT molecular complexity index is 507. The molecule has 2 aromatic rings. The average molecular weight is 233 g/mol. The zero-order valence-corrected chi connectivity index (χ0v) is 9.77. The lowest BCUT2D eigenvalue weighted by Crippen LogP contribution is -2.09. The van der Waals surface area contributed by atoms with Crippen molar-refractivity contribution in [2.45, 2.75) is 26.2 Å². The zero-order chi connectivity index (χ0) is 12.1. The Morgan fingerprint density at radius 1 is 1.41 bits per heavy atom. The summed E-state index contributed by atoms with van der Waals surface area (Å²) in [5.74, 6) is -0.214. The number of carbonyl (C=O) groups is 1. The van der Waals surface area contributed by atoms with Crippen LogP contribution in [0.5, 0.6) is 0 Å². The molecule has 5 heteroatoms. The normalized spacial score (nSPS) is 10.6. The first-order chi connectivity index (χ1) is 8.31. The van der Waals surface area contributed by atoms with Crippen molar-refractivity contribution in [2.24, 2.45) is 0 Å². The summed E-state index contributed by atoms with van der Waals surface area (Å²) in [4.78, 5) is 11.6. The van der Waals surface area contributed by atoms with Gasteiger partial charge in [0.15, 0.2) is 0 Å². The van der Waals surface area contributed by atoms with Gasteiger partial charge in [-0.3, -0.25) is 4.79 Å². The highest BCUT2D eigenvalue weighted by atomic mass is 16.5. The number of carbonyl (C=O) groups excluding carboxylic acids is 1. The van der Waals surface area contributed by atoms with Crippen LogP contribution in [0.15, 0.2) is 18.2 Å². The number of ether oxygens (including phenoxy) is 1. The van der Waals surface area contributed by atoms with Crippen molar-refractivity contribution in [1.29, 1.82) is 0 Å². The smallest absolute Gasteiger partial charge is 0.310 e. The van der Waals surface area contributed by atoms with E-state index in [1.54, 1.807) is 0 Å². The van der Waals surface area contributed by atoms with Crippen molar-refractivity contribution in [3.05, 3.63) is 23.8 Å². The molecule has 1 N–H and O–H groups in total. The highest BCUT2D eigenvalue weighted by Gasteiger charge is 2.10. The molecule has 0 saturated carbocycles. The monoisotopic (exact) mass is 233 g/mol. The summed E-state index contributed by atoms with van der Waals surface area (Å²) in [6.07, 6.45) is 2.17. The van der Waals surface area contributed by atoms with E-state index in [2.05, 4.69) is 22.3 Å². The fourth-order valence-electron chi connectivity index (χ4n) is 1.61. The van der Waals surface area contributed by atoms with Crippen LogP contribution >= 0.6 is 0 Å². The topological polar surface area (TPSA) is 67.9 Å². The molecule has 0 spiro atoms. The lowest BCUT2D eigenvalue weighted by Gasteiger charge is -2.03. The molecule has 1 aromatic heterocycles. The maximum atomic E-state index is 11.6. The Hall–Kier alpha value is -1.91. The van der Waals surface area contributed by atoms with Gasteiger partial charge >= 0.3 is 5.97 Å². The summed E-state index contributed by atoms with van der Waals surface area (Å²) in [5, 5.41) is 10.5. The second-order valence-electron chi connectivity index (χ2n) is 3.86. The van der Waals surface area contributed by atoms with Crippen molar-refractivity contribution < 1.29 is 9.53 Å². The van der Waals surface area contributed by atoms with Crippen molar-refractivity contribution in [3.63, 3.8) is 0 Å². The predicted octanol–water partition coefficient (Wildman–Crippen LogP) is 1.84. The molecule has 0 saturated heterocycles. The molecule has 0 aliphatic carbocycles. The third-order valence-electron chi connectivity index (χ3n) is 2.53. The molecule has 1 aromatic carbocycles. The number of fused-ring (bicyclic) bond motifs is 1. The molecule has 0 atom stereocenters. The first-order valence-corrected chi connectivity index (χ1v) is 5.75. The van der Waals surface area contributed by atoms with E-state index in [0.717, 1.165) is 29.4 Å². The van der Waals surface area contributed by atoms with Gasteiger partial charge in [0.05, 0.1) is 13.0 Å². The summed E-state index contributed by atoms with van der Waals surface area (Å²) in [5.41, 5.74) is 2.35. The quantitative estimate of drug-likeness (QED) is 0.632. The summed E-state index contributed by atoms with van der Waals surface area (Å²) >= 11 is 0. The number of aromatic amines is 1. The second kappa shape index (κ2) is 5.43. The number of para-hydroxylation sites is 1. The number of H-pyrrole nitrogens is 1. The molecule has 5 nitrogen and oxygen atoms in total. The maximum absolute atomic E-state index is 11.6. The number of nitrogens with zero attached hydrogens (tertiary/aromatic N) is 2. The number of hydrogen-bond acceptors (Lipinski definition) is 4. The first kappa shape index (κ1) is 11.6. The van der Waals surface area contributed by atoms with Crippen molar-refractivity contribution in [1.82, 2.24) is 15.4 Å². The lowest BCUT2D eigenvalue weighted by molar-refractivity contribution is -0.142. The van der Waals surface area contributed by atoms with E-state index in [9.17, 15) is 4.79 Å². The minimum atomic E-state index is -0.214. The average Bonchev–Trinajstić information content (AvgIpc) is 2.78. The molecule has 90 valence electrons. The van der Waals surface area contributed by atoms with Crippen LogP contribution in [0.4, 0.5) is 0 Å². The number of hydrogen-bond donors (Lipinski definition) is 1. The minimum absolute atomic E-state index is 0.214. The third kappa shape index (κ3) is 2.81. The van der Waals surface area contributed by atoms with E-state index < -0.39 is 0 Å². The Morgan fingerprint density at radius 2 is 2.29 bits per heavy atom. The molecule has 0 radical (unpaired) electrons. The summed E-state index contributed by atoms with van der Waals surface area (Å²) in [7, 11) is 0. The number of nitrogens with one attached hydrogen (secondary N) is 1. The minimum Gasteiger partial charge on any atom is -0.465 e. The molecule has 1 heterocycles. The second-order valence-corrected chi connectivity index (χ2v) is 3.86. The van der Waals surface area contributed by atoms with E-state index in [4.69, 9.17) is 4.74 Å². The molecule has 0 aliphatic heterocycles. The van der Waals surface area contributed by atoms with E-state index in [0.29, 0.717) is 6.61 Å². The van der Waals surface area contributed by atoms with Gasteiger partial charge in [0.1, 0.15) is 11.0 Å². The van der Waals surface area contributed by atoms with Crippen LogP contribution in [0.3, 0.4) is 0 Å². The van der Waals surface area contributed by atoms with Gasteiger partial charge in [0, 0.05) is 0 Å². The molecule has 0 bridgehead atoms. The molecule has 0 amide bonds. The van der Waals surface area contributed by atoms with Crippen LogP contribution in [-0.2, 0) is 16.0 Å². The molecule has 0 fully saturated rings. The molecular formula is C12H15N3O2. The number of unbranched alkanes of at least 4 members (excludes halogenated alkanes) is 1. The van der Waals surface area contributed by atoms with Gasteiger partial charge in [-0.05, 0) is 18.1 Å². The van der Waals surface area contributed by atoms with Gasteiger partial charge < -0.3 is 4.74 Å². The lowest BCUT2D eigenvalue weighted by atomic mass is 10.1. The van der Waals surface area contributed by atoms with Crippen LogP contribution in [0.2, 0.25) is 0 Å². The highest BCUT2D eigenvalue weighted by molar-refractivity contribution is 5.83. The van der Waals surface area contributed by atoms with E-state index >= 15 is 0 Å². The summed E-state index contributed by atoms with van der Waals surface area (Å²) in [6, 6.07) is 5.58. The Labute approximate surface area is 99.2 Å². The number of aromatic nitrogens is 3. The van der Waals surface area contributed by atoms with Gasteiger partial charge in [0.2, 0.25) is 0 Å². The Morgan fingerprint density at radius 3 is 3.12 bits per heavy atom. The fourth-order valence-corrected chi connectivity index (χ4v) is 1.61. The van der Waals surface area contributed by atoms with Gasteiger partial charge in [0.25, 0.3) is 0 Å². The standard InChI is InChI=1S/C12H15N3O2/c1-2-3-7-17-11(16)8-9-5-4-6-10-12(9)14-15-13-10/h4-6H,2-3,7-8H2,1H3,(H,13,14,15). The SMILES string of the molecule is CCCCOC(=O)Cc1cccc2n[nH]nc12. The molecule has 0 aliphatic rings. The zero-order valence-electron chi connectivity index (χ0n) is 9.77. The van der Waals surface area contributed by atoms with Crippen molar-refractivity contribution in [3.8, 4) is 0 Å². The number of rotatable bonds is 5. The van der Waals surface area contributed by atoms with Crippen molar-refractivity contribution >= 4 is 17.0 Å². The predicted molar refractivity (Wildman–Crippen MR) is 63.5 cm³/mol. The number of esters is 1. The molecule has 2 rings (SSSR count). The van der Waals surface area contributed by atoms with Gasteiger partial charge in [-0.1, -0.05) is 25.5 Å². The summed E-state index contributed by atoms with van der Waals surface area (Å²) in [6.45, 7) is 2.55. The first-order valence-electron chi connectivity index (χ1n) is 5.75. The maximum Gasteiger partial charge on any atom is 0.310 e. The third-order valence-corrected chi connectivity index (χ3v) is 2.53. The van der Waals surface area contributed by atoms with Crippen molar-refractivity contribution in [2.75, 3.05) is 6.61 Å². The van der Waals surface area contributed by atoms with Crippen LogP contribution in [0, 0.1) is 0 Å².